The summed E-state index contributed by atoms with van der Waals surface area (Å²) in [6.07, 6.45) is -8.15. The second-order valence-corrected chi connectivity index (χ2v) is 15.9. The third-order valence-corrected chi connectivity index (χ3v) is 11.8. The maximum Gasteiger partial charge on any atom is 0.460 e. The van der Waals surface area contributed by atoms with E-state index < -0.39 is 95.8 Å². The highest BCUT2D eigenvalue weighted by atomic mass is 32.3. The zero-order chi connectivity index (χ0) is 36.7. The van der Waals surface area contributed by atoms with Crippen molar-refractivity contribution in [2.75, 3.05) is 17.3 Å². The first-order valence-electron chi connectivity index (χ1n) is 12.4. The summed E-state index contributed by atoms with van der Waals surface area (Å²) in [6, 6.07) is 0. The molecule has 23 heteroatoms. The molecule has 0 saturated carbocycles. The van der Waals surface area contributed by atoms with Gasteiger partial charge in [-0.15, -0.1) is 10.3 Å². The second kappa shape index (κ2) is 13.0. The predicted octanol–water partition coefficient (Wildman–Crippen LogP) is 9.23. The minimum absolute atomic E-state index is 0.0801. The van der Waals surface area contributed by atoms with Crippen molar-refractivity contribution in [1.29, 1.82) is 0 Å². The summed E-state index contributed by atoms with van der Waals surface area (Å²) in [7, 11) is -11.7. The molecule has 4 nitrogen and oxygen atoms in total. The number of carbonyl (C=O) groups excluding carboxylic acids is 1. The summed E-state index contributed by atoms with van der Waals surface area (Å²) in [5.41, 5.74) is -1.40. The molecule has 0 bridgehead atoms. The molecule has 0 heterocycles. The summed E-state index contributed by atoms with van der Waals surface area (Å²) in [4.78, 5) is 12.7. The lowest BCUT2D eigenvalue weighted by Crippen LogP contribution is -2.75. The van der Waals surface area contributed by atoms with Crippen molar-refractivity contribution in [1.82, 2.24) is 0 Å². The van der Waals surface area contributed by atoms with Crippen molar-refractivity contribution in [3.8, 4) is 0 Å². The zero-order valence-electron chi connectivity index (χ0n) is 23.8. The number of hydrogen-bond acceptors (Lipinski definition) is 4. The van der Waals surface area contributed by atoms with Crippen LogP contribution in [0.5, 0.6) is 0 Å². The highest BCUT2D eigenvalue weighted by Gasteiger charge is 2.96. The number of alkyl halides is 17. The van der Waals surface area contributed by atoms with Gasteiger partial charge in [-0.25, -0.2) is 3.63 Å². The Labute approximate surface area is 248 Å². The van der Waals surface area contributed by atoms with Crippen molar-refractivity contribution in [3.05, 3.63) is 0 Å². The lowest BCUT2D eigenvalue weighted by Gasteiger charge is -2.44. The highest BCUT2D eigenvalue weighted by molar-refractivity contribution is 8.33. The molecule has 0 aromatic heterocycles. The number of rotatable bonds is 17. The van der Waals surface area contributed by atoms with Crippen LogP contribution in [0.1, 0.15) is 60.3 Å². The fourth-order valence-electron chi connectivity index (χ4n) is 3.15. The molecule has 0 aliphatic carbocycles. The Balaban J connectivity index is 7.28. The molecule has 0 aromatic carbocycles. The Morgan fingerprint density at radius 3 is 1.16 bits per heavy atom. The fraction of sp³-hybridized carbons (Fsp3) is 0.955. The maximum absolute atomic E-state index is 14.8. The molecule has 0 aromatic rings. The number of Topliss-reactive ketones (excluding diaryl/α,β-unsaturated/α-hetero) is 1. The number of unbranched alkanes of at least 4 members (excludes halogenated alkanes) is 2. The van der Waals surface area contributed by atoms with Crippen LogP contribution in [0.4, 0.5) is 74.6 Å². The van der Waals surface area contributed by atoms with Crippen LogP contribution in [0.3, 0.4) is 0 Å². The average molecular weight is 745 g/mol. The van der Waals surface area contributed by atoms with Gasteiger partial charge in [-0.2, -0.15) is 83.1 Å². The molecule has 272 valence electrons. The van der Waals surface area contributed by atoms with E-state index in [1.54, 1.807) is 0 Å². The SMILES string of the molecule is CCCCS(CCCC)(CC(=O)C(C)(C)C)OS(=O)(=O)C(F)(F)C(F)(F)C(F)(F)C(F)(F)C(F)(F)C(F)(F)C(F)(F)C(F)(F)F. The summed E-state index contributed by atoms with van der Waals surface area (Å²) < 4.78 is 261. The first-order chi connectivity index (χ1) is 19.5. The van der Waals surface area contributed by atoms with Gasteiger partial charge in [-0.1, -0.05) is 47.5 Å². The predicted molar refractivity (Wildman–Crippen MR) is 127 cm³/mol. The molecule has 0 amide bonds. The van der Waals surface area contributed by atoms with Gasteiger partial charge in [0.1, 0.15) is 5.78 Å². The van der Waals surface area contributed by atoms with Crippen LogP contribution >= 0.6 is 10.3 Å². The summed E-state index contributed by atoms with van der Waals surface area (Å²) >= 11 is 0. The molecule has 0 fully saturated rings. The molecular weight excluding hydrogens is 715 g/mol. The maximum atomic E-state index is 14.8. The van der Waals surface area contributed by atoms with E-state index in [9.17, 15) is 87.8 Å². The Bertz CT molecular complexity index is 1140. The summed E-state index contributed by atoms with van der Waals surface area (Å²) in [6.45, 7) is 6.48. The van der Waals surface area contributed by atoms with Crippen LogP contribution in [-0.2, 0) is 18.5 Å². The number of halogens is 17. The van der Waals surface area contributed by atoms with Gasteiger partial charge in [0.15, 0.2) is 0 Å². The molecule has 0 atom stereocenters. The quantitative estimate of drug-likeness (QED) is 0.140. The van der Waals surface area contributed by atoms with Gasteiger partial charge < -0.3 is 0 Å². The van der Waals surface area contributed by atoms with Crippen molar-refractivity contribution in [2.24, 2.45) is 5.41 Å². The van der Waals surface area contributed by atoms with Gasteiger partial charge in [0.25, 0.3) is 0 Å². The highest BCUT2D eigenvalue weighted by Crippen LogP contribution is 2.65. The number of hydrogen-bond donors (Lipinski definition) is 0. The lowest BCUT2D eigenvalue weighted by atomic mass is 9.91. The van der Waals surface area contributed by atoms with Crippen LogP contribution in [0.25, 0.3) is 0 Å². The van der Waals surface area contributed by atoms with Gasteiger partial charge in [-0.05, 0) is 12.8 Å². The normalized spacial score (nSPS) is 16.2. The molecule has 0 saturated heterocycles. The van der Waals surface area contributed by atoms with E-state index in [4.69, 9.17) is 0 Å². The smallest absolute Gasteiger partial charge is 0.298 e. The van der Waals surface area contributed by atoms with Crippen molar-refractivity contribution < 1.29 is 91.5 Å². The standard InChI is InChI=1S/C22H29F17O4S2/c1-6-8-10-44(11-9-7-2,12-13(40)14(3,4)5)43-45(41,42)22(38,39)20(33,34)18(29,30)16(25,26)15(23,24)17(27,28)19(31,32)21(35,36)37/h6-12H2,1-5H3. The average Bonchev–Trinajstić information content (AvgIpc) is 2.83. The second-order valence-electron chi connectivity index (χ2n) is 10.9. The zero-order valence-corrected chi connectivity index (χ0v) is 25.5. The third-order valence-electron chi connectivity index (χ3n) is 6.21. The van der Waals surface area contributed by atoms with Crippen molar-refractivity contribution in [2.45, 2.75) is 107 Å². The van der Waals surface area contributed by atoms with E-state index in [2.05, 4.69) is 3.63 Å². The minimum Gasteiger partial charge on any atom is -0.298 e. The Morgan fingerprint density at radius 2 is 0.867 bits per heavy atom. The molecular formula is C22H29F17O4S2. The topological polar surface area (TPSA) is 60.4 Å². The molecule has 0 rings (SSSR count). The molecule has 45 heavy (non-hydrogen) atoms. The largest absolute Gasteiger partial charge is 0.460 e. The van der Waals surface area contributed by atoms with Gasteiger partial charge in [0.05, 0.1) is 5.75 Å². The van der Waals surface area contributed by atoms with Crippen LogP contribution in [0.15, 0.2) is 0 Å². The van der Waals surface area contributed by atoms with E-state index in [1.807, 2.05) is 0 Å². The molecule has 0 unspecified atom stereocenters. The van der Waals surface area contributed by atoms with E-state index in [0.717, 1.165) is 0 Å². The van der Waals surface area contributed by atoms with Crippen molar-refractivity contribution >= 4 is 26.2 Å². The van der Waals surface area contributed by atoms with Gasteiger partial charge in [0.2, 0.25) is 0 Å². The van der Waals surface area contributed by atoms with Crippen LogP contribution in [0.2, 0.25) is 0 Å². The van der Waals surface area contributed by atoms with Crippen molar-refractivity contribution in [3.63, 3.8) is 0 Å². The molecule has 0 N–H and O–H groups in total. The minimum atomic E-state index is -8.93. The Morgan fingerprint density at radius 1 is 0.556 bits per heavy atom. The van der Waals surface area contributed by atoms with Crippen LogP contribution in [0, 0.1) is 5.41 Å². The third kappa shape index (κ3) is 7.43. The monoisotopic (exact) mass is 744 g/mol. The van der Waals surface area contributed by atoms with E-state index in [0.29, 0.717) is 0 Å². The number of ketones is 1. The lowest BCUT2D eigenvalue weighted by molar-refractivity contribution is -0.458. The van der Waals surface area contributed by atoms with E-state index in [1.165, 1.54) is 34.6 Å². The Kier molecular flexibility index (Phi) is 12.6. The summed E-state index contributed by atoms with van der Waals surface area (Å²) in [5.74, 6) is -55.6. The van der Waals surface area contributed by atoms with Gasteiger partial charge >= 0.3 is 57.1 Å². The number of carbonyl (C=O) groups is 1. The first kappa shape index (κ1) is 43.7. The van der Waals surface area contributed by atoms with E-state index >= 15 is 0 Å². The molecule has 0 aliphatic rings. The van der Waals surface area contributed by atoms with Crippen LogP contribution in [-0.4, -0.2) is 78.4 Å². The summed E-state index contributed by atoms with van der Waals surface area (Å²) in [5, 5.41) is -7.79. The van der Waals surface area contributed by atoms with Crippen LogP contribution < -0.4 is 0 Å². The van der Waals surface area contributed by atoms with E-state index in [-0.39, 0.29) is 25.7 Å². The Hall–Kier alpha value is -1.26. The van der Waals surface area contributed by atoms with Gasteiger partial charge in [-0.3, -0.25) is 4.79 Å². The molecule has 0 spiro atoms. The first-order valence-corrected chi connectivity index (χ1v) is 15.9. The molecule has 0 aliphatic heterocycles. The molecule has 0 radical (unpaired) electrons. The fourth-order valence-corrected chi connectivity index (χ4v) is 9.22. The van der Waals surface area contributed by atoms with Gasteiger partial charge in [0, 0.05) is 16.9 Å².